The Hall–Kier alpha value is -2.55. The van der Waals surface area contributed by atoms with Crippen molar-refractivity contribution in [3.63, 3.8) is 0 Å². The summed E-state index contributed by atoms with van der Waals surface area (Å²) in [6, 6.07) is 27.2. The van der Waals surface area contributed by atoms with Gasteiger partial charge in [-0.2, -0.15) is 0 Å². The number of benzene rings is 4. The maximum absolute atomic E-state index is 12.4. The fraction of sp³-hybridized carbons (Fsp3) is 0.133. The van der Waals surface area contributed by atoms with Gasteiger partial charge < -0.3 is 10.6 Å². The maximum Gasteiger partial charge on any atom is 0.234 e. The molecule has 0 saturated heterocycles. The zero-order chi connectivity index (χ0) is 27.8. The average molecular weight is 614 g/mol. The molecule has 0 saturated carbocycles. The first-order valence-electron chi connectivity index (χ1n) is 12.0. The molecule has 0 radical (unpaired) electrons. The van der Waals surface area contributed by atoms with Crippen molar-refractivity contribution in [2.75, 3.05) is 22.1 Å². The number of carbonyl (C=O) groups is 2. The number of hydrogen-bond acceptors (Lipinski definition) is 5. The van der Waals surface area contributed by atoms with Gasteiger partial charge in [0.05, 0.1) is 11.5 Å². The zero-order valence-electron chi connectivity index (χ0n) is 21.3. The molecule has 0 bridgehead atoms. The molecule has 4 aromatic rings. The fourth-order valence-corrected chi connectivity index (χ4v) is 6.03. The van der Waals surface area contributed by atoms with E-state index in [1.54, 1.807) is 36.0 Å². The van der Waals surface area contributed by atoms with Crippen LogP contribution in [0, 0.1) is 13.8 Å². The Morgan fingerprint density at radius 1 is 0.590 bits per heavy atom. The molecule has 9 heteroatoms. The van der Waals surface area contributed by atoms with Crippen LogP contribution in [0.15, 0.2) is 105 Å². The minimum absolute atomic E-state index is 0.0705. The molecule has 4 rings (SSSR count). The second-order valence-electron chi connectivity index (χ2n) is 8.64. The standard InChI is InChI=1S/C30H26Cl2N2O2S3/c1-19-3-5-21(31)15-27(19)33-29(35)17-37-23-7-11-25(12-8-23)39-26-13-9-24(10-14-26)38-18-30(36)34-28-16-22(32)6-4-20(28)2/h3-16H,17-18H2,1-2H3,(H,33,35)(H,34,36). The number of nitrogens with one attached hydrogen (secondary N) is 2. The van der Waals surface area contributed by atoms with Crippen molar-refractivity contribution in [2.24, 2.45) is 0 Å². The summed E-state index contributed by atoms with van der Waals surface area (Å²) >= 11 is 16.7. The van der Waals surface area contributed by atoms with Crippen molar-refractivity contribution in [3.05, 3.63) is 106 Å². The molecule has 4 nitrogen and oxygen atoms in total. The minimum atomic E-state index is -0.0705. The number of anilines is 2. The average Bonchev–Trinajstić information content (AvgIpc) is 2.92. The predicted molar refractivity (Wildman–Crippen MR) is 168 cm³/mol. The molecule has 0 heterocycles. The highest BCUT2D eigenvalue weighted by Gasteiger charge is 2.09. The van der Waals surface area contributed by atoms with Gasteiger partial charge in [0.2, 0.25) is 11.8 Å². The van der Waals surface area contributed by atoms with Crippen molar-refractivity contribution < 1.29 is 9.59 Å². The third-order valence-corrected chi connectivity index (χ3v) is 9.08. The lowest BCUT2D eigenvalue weighted by Crippen LogP contribution is -2.14. The van der Waals surface area contributed by atoms with Gasteiger partial charge in [-0.25, -0.2) is 0 Å². The molecule has 0 fully saturated rings. The van der Waals surface area contributed by atoms with Crippen molar-refractivity contribution in [3.8, 4) is 0 Å². The first-order valence-corrected chi connectivity index (χ1v) is 15.5. The maximum atomic E-state index is 12.4. The van der Waals surface area contributed by atoms with E-state index < -0.39 is 0 Å². The van der Waals surface area contributed by atoms with Crippen molar-refractivity contribution in [2.45, 2.75) is 33.4 Å². The summed E-state index contributed by atoms with van der Waals surface area (Å²) in [5, 5.41) is 7.04. The Balaban J connectivity index is 1.22. The number of carbonyl (C=O) groups excluding carboxylic acids is 2. The largest absolute Gasteiger partial charge is 0.325 e. The third kappa shape index (κ3) is 9.26. The van der Waals surface area contributed by atoms with Crippen LogP contribution in [-0.2, 0) is 9.59 Å². The second kappa shape index (κ2) is 14.2. The Morgan fingerprint density at radius 2 is 0.949 bits per heavy atom. The van der Waals surface area contributed by atoms with E-state index in [4.69, 9.17) is 23.2 Å². The topological polar surface area (TPSA) is 58.2 Å². The summed E-state index contributed by atoms with van der Waals surface area (Å²) in [5.74, 6) is 0.487. The number of amides is 2. The van der Waals surface area contributed by atoms with Crippen LogP contribution in [0.4, 0.5) is 11.4 Å². The van der Waals surface area contributed by atoms with Gasteiger partial charge in [-0.15, -0.1) is 23.5 Å². The van der Waals surface area contributed by atoms with Crippen LogP contribution in [-0.4, -0.2) is 23.3 Å². The highest BCUT2D eigenvalue weighted by molar-refractivity contribution is 8.00. The molecule has 0 atom stereocenters. The zero-order valence-corrected chi connectivity index (χ0v) is 25.3. The number of thioether (sulfide) groups is 2. The summed E-state index contributed by atoms with van der Waals surface area (Å²) < 4.78 is 0. The molecular formula is C30H26Cl2N2O2S3. The van der Waals surface area contributed by atoms with E-state index in [-0.39, 0.29) is 11.8 Å². The lowest BCUT2D eigenvalue weighted by atomic mass is 10.2. The van der Waals surface area contributed by atoms with Gasteiger partial charge in [-0.3, -0.25) is 9.59 Å². The van der Waals surface area contributed by atoms with Crippen LogP contribution in [0.1, 0.15) is 11.1 Å². The molecule has 0 aromatic heterocycles. The van der Waals surface area contributed by atoms with Gasteiger partial charge in [-0.1, -0.05) is 47.1 Å². The first-order chi connectivity index (χ1) is 18.7. The molecule has 2 amide bonds. The normalized spacial score (nSPS) is 10.8. The van der Waals surface area contributed by atoms with E-state index in [9.17, 15) is 9.59 Å². The van der Waals surface area contributed by atoms with Crippen LogP contribution >= 0.6 is 58.5 Å². The van der Waals surface area contributed by atoms with Crippen LogP contribution in [0.5, 0.6) is 0 Å². The highest BCUT2D eigenvalue weighted by Crippen LogP contribution is 2.31. The summed E-state index contributed by atoms with van der Waals surface area (Å²) in [5.41, 5.74) is 3.42. The predicted octanol–water partition coefficient (Wildman–Crippen LogP) is 9.22. The Labute approximate surface area is 251 Å². The van der Waals surface area contributed by atoms with Gasteiger partial charge in [-0.05, 0) is 97.8 Å². The van der Waals surface area contributed by atoms with Gasteiger partial charge in [0.25, 0.3) is 0 Å². The molecular weight excluding hydrogens is 587 g/mol. The van der Waals surface area contributed by atoms with Gasteiger partial charge in [0.1, 0.15) is 0 Å². The molecule has 0 unspecified atom stereocenters. The summed E-state index contributed by atoms with van der Waals surface area (Å²) in [6.45, 7) is 3.87. The number of halogens is 2. The monoisotopic (exact) mass is 612 g/mol. The van der Waals surface area contributed by atoms with Crippen LogP contribution in [0.3, 0.4) is 0 Å². The third-order valence-electron chi connectivity index (χ3n) is 5.57. The molecule has 2 N–H and O–H groups in total. The number of aryl methyl sites for hydroxylation is 2. The van der Waals surface area contributed by atoms with E-state index in [1.165, 1.54) is 23.5 Å². The smallest absolute Gasteiger partial charge is 0.234 e. The van der Waals surface area contributed by atoms with E-state index in [2.05, 4.69) is 34.9 Å². The molecule has 0 aliphatic carbocycles. The van der Waals surface area contributed by atoms with Crippen LogP contribution in [0.25, 0.3) is 0 Å². The van der Waals surface area contributed by atoms with Gasteiger partial charge in [0, 0.05) is 41.0 Å². The highest BCUT2D eigenvalue weighted by atomic mass is 35.5. The second-order valence-corrected chi connectivity index (χ2v) is 12.8. The number of hydrogen-bond donors (Lipinski definition) is 2. The lowest BCUT2D eigenvalue weighted by molar-refractivity contribution is -0.114. The SMILES string of the molecule is Cc1ccc(Cl)cc1NC(=O)CSc1ccc(Sc2ccc(SCC(=O)Nc3cc(Cl)ccc3C)cc2)cc1. The van der Waals surface area contributed by atoms with Crippen LogP contribution < -0.4 is 10.6 Å². The first kappa shape index (κ1) is 29.4. The molecule has 0 aliphatic heterocycles. The van der Waals surface area contributed by atoms with Crippen LogP contribution in [0.2, 0.25) is 10.0 Å². The Kier molecular flexibility index (Phi) is 10.7. The molecule has 200 valence electrons. The molecule has 0 spiro atoms. The van der Waals surface area contributed by atoms with Gasteiger partial charge in [0.15, 0.2) is 0 Å². The summed E-state index contributed by atoms with van der Waals surface area (Å²) in [7, 11) is 0. The van der Waals surface area contributed by atoms with E-state index in [0.29, 0.717) is 21.6 Å². The molecule has 0 aliphatic rings. The number of rotatable bonds is 10. The van der Waals surface area contributed by atoms with Crippen molar-refractivity contribution in [1.29, 1.82) is 0 Å². The van der Waals surface area contributed by atoms with Crippen molar-refractivity contribution in [1.82, 2.24) is 0 Å². The van der Waals surface area contributed by atoms with E-state index in [0.717, 1.165) is 42.1 Å². The molecule has 4 aromatic carbocycles. The van der Waals surface area contributed by atoms with Gasteiger partial charge >= 0.3 is 0 Å². The Bertz CT molecular complexity index is 1350. The van der Waals surface area contributed by atoms with E-state index in [1.807, 2.05) is 50.2 Å². The minimum Gasteiger partial charge on any atom is -0.325 e. The lowest BCUT2D eigenvalue weighted by Gasteiger charge is -2.09. The quantitative estimate of drug-likeness (QED) is 0.175. The fourth-order valence-electron chi connectivity index (χ4n) is 3.47. The van der Waals surface area contributed by atoms with E-state index >= 15 is 0 Å². The van der Waals surface area contributed by atoms with Crippen molar-refractivity contribution >= 4 is 81.7 Å². The Morgan fingerprint density at radius 3 is 1.33 bits per heavy atom. The summed E-state index contributed by atoms with van der Waals surface area (Å²) in [4.78, 5) is 29.0. The molecule has 39 heavy (non-hydrogen) atoms. The summed E-state index contributed by atoms with van der Waals surface area (Å²) in [6.07, 6.45) is 0.